The number of nitro benzene ring substituents is 1. The highest BCUT2D eigenvalue weighted by atomic mass is 16.6. The average molecular weight is 320 g/mol. The molecule has 1 heterocycles. The molecule has 124 valence electrons. The van der Waals surface area contributed by atoms with Gasteiger partial charge in [-0.3, -0.25) is 10.1 Å². The van der Waals surface area contributed by atoms with Crippen LogP contribution in [-0.4, -0.2) is 28.9 Å². The largest absolute Gasteiger partial charge is 0.490 e. The van der Waals surface area contributed by atoms with Gasteiger partial charge in [0, 0.05) is 31.4 Å². The number of aryl methyl sites for hydroxylation is 2. The van der Waals surface area contributed by atoms with E-state index in [9.17, 15) is 10.1 Å². The number of methoxy groups -OCH3 is 2. The quantitative estimate of drug-likeness (QED) is 0.622. The van der Waals surface area contributed by atoms with Crippen LogP contribution in [0.4, 0.5) is 11.4 Å². The van der Waals surface area contributed by atoms with Crippen LogP contribution in [0, 0.1) is 10.1 Å². The van der Waals surface area contributed by atoms with Crippen LogP contribution >= 0.6 is 0 Å². The lowest BCUT2D eigenvalue weighted by Crippen LogP contribution is -2.04. The Morgan fingerprint density at radius 2 is 2.09 bits per heavy atom. The molecular weight excluding hydrogens is 300 g/mol. The van der Waals surface area contributed by atoms with E-state index in [0.717, 1.165) is 23.4 Å². The summed E-state index contributed by atoms with van der Waals surface area (Å²) in [6.45, 7) is 2.53. The summed E-state index contributed by atoms with van der Waals surface area (Å²) >= 11 is 0. The Labute approximate surface area is 134 Å². The van der Waals surface area contributed by atoms with Gasteiger partial charge in [-0.05, 0) is 12.5 Å². The highest BCUT2D eigenvalue weighted by Crippen LogP contribution is 2.30. The second-order valence-corrected chi connectivity index (χ2v) is 4.91. The van der Waals surface area contributed by atoms with Gasteiger partial charge in [0.25, 0.3) is 0 Å². The summed E-state index contributed by atoms with van der Waals surface area (Å²) in [6, 6.07) is 4.67. The molecule has 0 radical (unpaired) electrons. The second kappa shape index (κ2) is 6.99. The van der Waals surface area contributed by atoms with E-state index < -0.39 is 4.92 Å². The normalized spacial score (nSPS) is 10.4. The summed E-state index contributed by atoms with van der Waals surface area (Å²) in [5, 5.41) is 18.6. The lowest BCUT2D eigenvalue weighted by molar-refractivity contribution is -0.385. The Morgan fingerprint density at radius 3 is 2.65 bits per heavy atom. The average Bonchev–Trinajstić information content (AvgIpc) is 2.87. The first-order valence-electron chi connectivity index (χ1n) is 7.16. The van der Waals surface area contributed by atoms with Crippen molar-refractivity contribution in [3.63, 3.8) is 0 Å². The molecule has 2 rings (SSSR count). The molecule has 0 atom stereocenters. The molecule has 0 amide bonds. The number of aromatic nitrogens is 2. The van der Waals surface area contributed by atoms with Gasteiger partial charge >= 0.3 is 5.69 Å². The minimum Gasteiger partial charge on any atom is -0.490 e. The van der Waals surface area contributed by atoms with Crippen LogP contribution in [0.1, 0.15) is 18.2 Å². The van der Waals surface area contributed by atoms with Crippen LogP contribution in [-0.2, 0) is 20.0 Å². The van der Waals surface area contributed by atoms with Crippen molar-refractivity contribution in [1.29, 1.82) is 0 Å². The summed E-state index contributed by atoms with van der Waals surface area (Å²) in [5.74, 6) is 0.914. The molecular formula is C15H20N4O4. The van der Waals surface area contributed by atoms with Crippen LogP contribution in [0.3, 0.4) is 0 Å². The fourth-order valence-electron chi connectivity index (χ4n) is 2.45. The molecule has 0 spiro atoms. The van der Waals surface area contributed by atoms with E-state index in [1.165, 1.54) is 13.2 Å². The van der Waals surface area contributed by atoms with Crippen LogP contribution in [0.15, 0.2) is 18.2 Å². The molecule has 0 aliphatic rings. The van der Waals surface area contributed by atoms with Crippen LogP contribution in [0.5, 0.6) is 11.6 Å². The van der Waals surface area contributed by atoms with Gasteiger partial charge in [-0.15, -0.1) is 0 Å². The maximum Gasteiger partial charge on any atom is 0.311 e. The van der Waals surface area contributed by atoms with Gasteiger partial charge in [0.1, 0.15) is 0 Å². The van der Waals surface area contributed by atoms with Gasteiger partial charge in [0.05, 0.1) is 30.4 Å². The molecule has 0 unspecified atom stereocenters. The Balaban J connectivity index is 2.23. The van der Waals surface area contributed by atoms with E-state index in [2.05, 4.69) is 10.4 Å². The van der Waals surface area contributed by atoms with E-state index in [4.69, 9.17) is 9.47 Å². The number of nitrogens with zero attached hydrogens (tertiary/aromatic N) is 3. The van der Waals surface area contributed by atoms with Crippen molar-refractivity contribution >= 4 is 11.4 Å². The van der Waals surface area contributed by atoms with Crippen molar-refractivity contribution in [3.05, 3.63) is 39.6 Å². The molecule has 0 aliphatic heterocycles. The number of hydrogen-bond donors (Lipinski definition) is 1. The monoisotopic (exact) mass is 320 g/mol. The zero-order valence-corrected chi connectivity index (χ0v) is 13.6. The fourth-order valence-corrected chi connectivity index (χ4v) is 2.45. The van der Waals surface area contributed by atoms with E-state index >= 15 is 0 Å². The molecule has 1 aromatic carbocycles. The lowest BCUT2D eigenvalue weighted by Gasteiger charge is -2.10. The van der Waals surface area contributed by atoms with Gasteiger partial charge < -0.3 is 14.8 Å². The second-order valence-electron chi connectivity index (χ2n) is 4.91. The van der Waals surface area contributed by atoms with Crippen molar-refractivity contribution in [2.45, 2.75) is 19.9 Å². The summed E-state index contributed by atoms with van der Waals surface area (Å²) in [4.78, 5) is 10.4. The first-order valence-corrected chi connectivity index (χ1v) is 7.16. The van der Waals surface area contributed by atoms with E-state index in [0.29, 0.717) is 12.4 Å². The minimum atomic E-state index is -0.470. The van der Waals surface area contributed by atoms with Gasteiger partial charge in [-0.25, -0.2) is 4.68 Å². The van der Waals surface area contributed by atoms with Crippen LogP contribution < -0.4 is 14.8 Å². The van der Waals surface area contributed by atoms with E-state index in [1.54, 1.807) is 23.9 Å². The molecule has 1 aromatic heterocycles. The smallest absolute Gasteiger partial charge is 0.311 e. The summed E-state index contributed by atoms with van der Waals surface area (Å²) in [6.07, 6.45) is 0.789. The van der Waals surface area contributed by atoms with E-state index in [-0.39, 0.29) is 11.4 Å². The minimum absolute atomic E-state index is 0.0637. The third kappa shape index (κ3) is 3.36. The molecule has 0 aliphatic carbocycles. The Hall–Kier alpha value is -2.77. The predicted molar refractivity (Wildman–Crippen MR) is 86.1 cm³/mol. The van der Waals surface area contributed by atoms with E-state index in [1.807, 2.05) is 14.0 Å². The maximum atomic E-state index is 10.9. The Morgan fingerprint density at radius 1 is 1.35 bits per heavy atom. The number of nitro groups is 1. The molecule has 0 saturated carbocycles. The fraction of sp³-hybridized carbons (Fsp3) is 0.400. The molecule has 23 heavy (non-hydrogen) atoms. The van der Waals surface area contributed by atoms with Crippen molar-refractivity contribution in [2.75, 3.05) is 19.5 Å². The highest BCUT2D eigenvalue weighted by Gasteiger charge is 2.17. The number of ether oxygens (including phenoxy) is 2. The van der Waals surface area contributed by atoms with Gasteiger partial charge in [0.15, 0.2) is 5.75 Å². The van der Waals surface area contributed by atoms with Crippen LogP contribution in [0.2, 0.25) is 0 Å². The van der Waals surface area contributed by atoms with Crippen molar-refractivity contribution in [1.82, 2.24) is 9.78 Å². The number of benzene rings is 1. The predicted octanol–water partition coefficient (Wildman–Crippen LogP) is 2.52. The molecule has 2 aromatic rings. The Kier molecular flexibility index (Phi) is 5.05. The summed E-state index contributed by atoms with van der Waals surface area (Å²) in [7, 11) is 4.84. The maximum absolute atomic E-state index is 10.9. The summed E-state index contributed by atoms with van der Waals surface area (Å²) < 4.78 is 12.2. The highest BCUT2D eigenvalue weighted by molar-refractivity contribution is 5.58. The third-order valence-corrected chi connectivity index (χ3v) is 3.55. The first kappa shape index (κ1) is 16.6. The SMILES string of the molecule is CCc1nn(C)c(OC)c1CNc1ccc([N+](=O)[O-])c(OC)c1. The van der Waals surface area contributed by atoms with Crippen molar-refractivity contribution in [3.8, 4) is 11.6 Å². The zero-order valence-electron chi connectivity index (χ0n) is 13.6. The lowest BCUT2D eigenvalue weighted by atomic mass is 10.2. The molecule has 8 nitrogen and oxygen atoms in total. The Bertz CT molecular complexity index is 712. The number of anilines is 1. The van der Waals surface area contributed by atoms with Crippen LogP contribution in [0.25, 0.3) is 0 Å². The standard InChI is InChI=1S/C15H20N4O4/c1-5-12-11(15(23-4)18(2)17-12)9-16-10-6-7-13(19(20)21)14(8-10)22-3/h6-8,16H,5,9H2,1-4H3. The summed E-state index contributed by atoms with van der Waals surface area (Å²) in [5.41, 5.74) is 2.58. The molecule has 8 heteroatoms. The van der Waals surface area contributed by atoms with Gasteiger partial charge in [-0.1, -0.05) is 6.92 Å². The third-order valence-electron chi connectivity index (χ3n) is 3.55. The zero-order chi connectivity index (χ0) is 17.0. The number of nitrogens with one attached hydrogen (secondary N) is 1. The molecule has 0 bridgehead atoms. The molecule has 0 fully saturated rings. The first-order chi connectivity index (χ1) is 11.0. The molecule has 1 N–H and O–H groups in total. The van der Waals surface area contributed by atoms with Gasteiger partial charge in [-0.2, -0.15) is 5.10 Å². The number of rotatable bonds is 7. The topological polar surface area (TPSA) is 91.5 Å². The molecule has 0 saturated heterocycles. The van der Waals surface area contributed by atoms with Crippen molar-refractivity contribution in [2.24, 2.45) is 7.05 Å². The van der Waals surface area contributed by atoms with Gasteiger partial charge in [0.2, 0.25) is 5.88 Å². The number of hydrogen-bond acceptors (Lipinski definition) is 6. The van der Waals surface area contributed by atoms with Crippen molar-refractivity contribution < 1.29 is 14.4 Å².